The molecule has 2 aliphatic rings. The van der Waals surface area contributed by atoms with E-state index in [0.29, 0.717) is 19.0 Å². The van der Waals surface area contributed by atoms with Gasteiger partial charge in [0.15, 0.2) is 0 Å². The molecule has 1 aromatic rings. The molecule has 4 nitrogen and oxygen atoms in total. The van der Waals surface area contributed by atoms with E-state index in [1.54, 1.807) is 0 Å². The molecule has 2 heterocycles. The number of carbonyl (C=O) groups excluding carboxylic acids is 1. The zero-order valence-corrected chi connectivity index (χ0v) is 15.0. The number of nitrogens with one attached hydrogen (secondary N) is 2. The van der Waals surface area contributed by atoms with Gasteiger partial charge < -0.3 is 15.4 Å². The van der Waals surface area contributed by atoms with Gasteiger partial charge in [-0.25, -0.2) is 0 Å². The van der Waals surface area contributed by atoms with Gasteiger partial charge in [0.25, 0.3) is 0 Å². The molecule has 1 amide bonds. The highest BCUT2D eigenvalue weighted by atomic mass is 79.9. The van der Waals surface area contributed by atoms with Crippen molar-refractivity contribution in [1.29, 1.82) is 0 Å². The van der Waals surface area contributed by atoms with E-state index in [2.05, 4.69) is 44.8 Å². The monoisotopic (exact) mass is 380 g/mol. The lowest BCUT2D eigenvalue weighted by molar-refractivity contribution is -0.122. The molecule has 0 bridgehead atoms. The summed E-state index contributed by atoms with van der Waals surface area (Å²) in [5.74, 6) is 0.158. The molecule has 1 aromatic carbocycles. The van der Waals surface area contributed by atoms with E-state index in [0.717, 1.165) is 43.5 Å². The van der Waals surface area contributed by atoms with E-state index >= 15 is 0 Å². The predicted molar refractivity (Wildman–Crippen MR) is 94.5 cm³/mol. The third kappa shape index (κ3) is 4.34. The minimum atomic E-state index is -0.0131. The Morgan fingerprint density at radius 1 is 1.39 bits per heavy atom. The van der Waals surface area contributed by atoms with Crippen molar-refractivity contribution in [2.24, 2.45) is 0 Å². The summed E-state index contributed by atoms with van der Waals surface area (Å²) in [6.45, 7) is 3.24. The first kappa shape index (κ1) is 16.9. The first-order valence-corrected chi connectivity index (χ1v) is 9.31. The molecule has 2 saturated heterocycles. The van der Waals surface area contributed by atoms with Gasteiger partial charge in [-0.3, -0.25) is 4.79 Å². The largest absolute Gasteiger partial charge is 0.381 e. The molecule has 1 atom stereocenters. The second-order valence-corrected chi connectivity index (χ2v) is 7.59. The fourth-order valence-corrected chi connectivity index (χ4v) is 4.04. The number of amides is 1. The van der Waals surface area contributed by atoms with Gasteiger partial charge in [-0.1, -0.05) is 28.1 Å². The van der Waals surface area contributed by atoms with Gasteiger partial charge in [-0.05, 0) is 49.9 Å². The number of rotatable bonds is 5. The maximum Gasteiger partial charge on any atom is 0.221 e. The SMILES string of the molecule is O=C(CC1CCCN1)NCC1(c2cccc(Br)c2)CCOCC1. The predicted octanol–water partition coefficient (Wildman–Crippen LogP) is 2.76. The Hall–Kier alpha value is -0.910. The Bertz CT molecular complexity index is 538. The van der Waals surface area contributed by atoms with Gasteiger partial charge in [0, 0.05) is 42.1 Å². The van der Waals surface area contributed by atoms with Crippen LogP contribution in [-0.2, 0) is 14.9 Å². The van der Waals surface area contributed by atoms with Crippen molar-refractivity contribution in [3.8, 4) is 0 Å². The smallest absolute Gasteiger partial charge is 0.221 e. The standard InChI is InChI=1S/C18H25BrN2O2/c19-15-4-1-3-14(11-15)18(6-9-23-10-7-18)13-21-17(22)12-16-5-2-8-20-16/h1,3-4,11,16,20H,2,5-10,12-13H2,(H,21,22). The normalized spacial score (nSPS) is 23.6. The molecule has 1 unspecified atom stereocenters. The number of halogens is 1. The van der Waals surface area contributed by atoms with E-state index in [9.17, 15) is 4.79 Å². The summed E-state index contributed by atoms with van der Waals surface area (Å²) in [5, 5.41) is 6.58. The number of hydrogen-bond donors (Lipinski definition) is 2. The van der Waals surface area contributed by atoms with Crippen LogP contribution in [0, 0.1) is 0 Å². The fraction of sp³-hybridized carbons (Fsp3) is 0.611. The minimum absolute atomic E-state index is 0.0131. The zero-order valence-electron chi connectivity index (χ0n) is 13.4. The molecule has 0 saturated carbocycles. The van der Waals surface area contributed by atoms with E-state index in [4.69, 9.17) is 4.74 Å². The first-order valence-electron chi connectivity index (χ1n) is 8.52. The summed E-state index contributed by atoms with van der Waals surface area (Å²) < 4.78 is 6.64. The van der Waals surface area contributed by atoms with Gasteiger partial charge in [-0.15, -0.1) is 0 Å². The summed E-state index contributed by atoms with van der Waals surface area (Å²) in [6.07, 6.45) is 4.77. The summed E-state index contributed by atoms with van der Waals surface area (Å²) in [7, 11) is 0. The molecule has 2 N–H and O–H groups in total. The molecule has 0 spiro atoms. The zero-order chi connectivity index (χ0) is 16.1. The Labute approximate surface area is 146 Å². The fourth-order valence-electron chi connectivity index (χ4n) is 3.64. The lowest BCUT2D eigenvalue weighted by Crippen LogP contribution is -2.45. The van der Waals surface area contributed by atoms with Crippen LogP contribution >= 0.6 is 15.9 Å². The van der Waals surface area contributed by atoms with Crippen LogP contribution in [0.3, 0.4) is 0 Å². The van der Waals surface area contributed by atoms with Crippen LogP contribution in [0.4, 0.5) is 0 Å². The van der Waals surface area contributed by atoms with Crippen molar-refractivity contribution in [3.63, 3.8) is 0 Å². The molecule has 0 aliphatic carbocycles. The molecule has 23 heavy (non-hydrogen) atoms. The van der Waals surface area contributed by atoms with Gasteiger partial charge in [0.05, 0.1) is 0 Å². The summed E-state index contributed by atoms with van der Waals surface area (Å²) >= 11 is 3.56. The third-order valence-electron chi connectivity index (χ3n) is 5.11. The van der Waals surface area contributed by atoms with Crippen LogP contribution in [-0.4, -0.2) is 38.3 Å². The van der Waals surface area contributed by atoms with Crippen LogP contribution < -0.4 is 10.6 Å². The number of hydrogen-bond acceptors (Lipinski definition) is 3. The maximum atomic E-state index is 12.3. The average molecular weight is 381 g/mol. The molecular formula is C18H25BrN2O2. The van der Waals surface area contributed by atoms with Crippen LogP contribution in [0.1, 0.15) is 37.7 Å². The summed E-state index contributed by atoms with van der Waals surface area (Å²) in [4.78, 5) is 12.3. The highest BCUT2D eigenvalue weighted by Gasteiger charge is 2.35. The molecule has 2 aliphatic heterocycles. The molecule has 3 rings (SSSR count). The van der Waals surface area contributed by atoms with E-state index < -0.39 is 0 Å². The van der Waals surface area contributed by atoms with E-state index in [1.165, 1.54) is 12.0 Å². The summed E-state index contributed by atoms with van der Waals surface area (Å²) in [5.41, 5.74) is 1.27. The van der Waals surface area contributed by atoms with Crippen molar-refractivity contribution in [1.82, 2.24) is 10.6 Å². The molecule has 5 heteroatoms. The highest BCUT2D eigenvalue weighted by Crippen LogP contribution is 2.35. The molecule has 0 aromatic heterocycles. The third-order valence-corrected chi connectivity index (χ3v) is 5.60. The van der Waals surface area contributed by atoms with Crippen molar-refractivity contribution in [3.05, 3.63) is 34.3 Å². The second-order valence-electron chi connectivity index (χ2n) is 6.68. The quantitative estimate of drug-likeness (QED) is 0.825. The van der Waals surface area contributed by atoms with E-state index in [1.807, 2.05) is 6.07 Å². The van der Waals surface area contributed by atoms with Gasteiger partial charge in [0.2, 0.25) is 5.91 Å². The molecular weight excluding hydrogens is 356 g/mol. The molecule has 2 fully saturated rings. The van der Waals surface area contributed by atoms with Crippen LogP contribution in [0.25, 0.3) is 0 Å². The van der Waals surface area contributed by atoms with Crippen molar-refractivity contribution in [2.45, 2.75) is 43.6 Å². The Morgan fingerprint density at radius 2 is 2.22 bits per heavy atom. The van der Waals surface area contributed by atoms with Gasteiger partial charge in [0.1, 0.15) is 0 Å². The van der Waals surface area contributed by atoms with Crippen molar-refractivity contribution >= 4 is 21.8 Å². The number of ether oxygens (including phenoxy) is 1. The van der Waals surface area contributed by atoms with Crippen LogP contribution in [0.2, 0.25) is 0 Å². The minimum Gasteiger partial charge on any atom is -0.381 e. The highest BCUT2D eigenvalue weighted by molar-refractivity contribution is 9.10. The van der Waals surface area contributed by atoms with Gasteiger partial charge in [-0.2, -0.15) is 0 Å². The topological polar surface area (TPSA) is 50.4 Å². The summed E-state index contributed by atoms with van der Waals surface area (Å²) in [6, 6.07) is 8.81. The number of carbonyl (C=O) groups is 1. The van der Waals surface area contributed by atoms with Crippen LogP contribution in [0.5, 0.6) is 0 Å². The Kier molecular flexibility index (Phi) is 5.72. The second kappa shape index (κ2) is 7.77. The lowest BCUT2D eigenvalue weighted by Gasteiger charge is -2.38. The van der Waals surface area contributed by atoms with Crippen molar-refractivity contribution < 1.29 is 9.53 Å². The molecule has 126 valence electrons. The lowest BCUT2D eigenvalue weighted by atomic mass is 9.74. The van der Waals surface area contributed by atoms with Crippen LogP contribution in [0.15, 0.2) is 28.7 Å². The maximum absolute atomic E-state index is 12.3. The van der Waals surface area contributed by atoms with Crippen molar-refractivity contribution in [2.75, 3.05) is 26.3 Å². The Balaban J connectivity index is 1.65. The van der Waals surface area contributed by atoms with Gasteiger partial charge >= 0.3 is 0 Å². The average Bonchev–Trinajstić information content (AvgIpc) is 3.07. The first-order chi connectivity index (χ1) is 11.2. The molecule has 0 radical (unpaired) electrons. The van der Waals surface area contributed by atoms with E-state index in [-0.39, 0.29) is 11.3 Å². The Morgan fingerprint density at radius 3 is 2.91 bits per heavy atom. The number of benzene rings is 1.